The second-order valence-corrected chi connectivity index (χ2v) is 21.6. The standard InChI is InChI=1S/C62H111O11P/c1-4-7-10-13-16-19-22-25-28-29-32-35-38-41-44-47-50-53-62(66)73-59(55-69-60(64)51-48-45-42-39-36-33-30-26-23-20-17-14-11-8-5-2)57-71-74(67,68)70-56-58(54-63)72-61(65)52-49-46-43-40-37-34-31-27-24-21-18-15-12-9-6-3/h7,10,16,19,25,28,32,35,41,44,58-59,63H,4-6,8-9,11-15,17-18,20-24,26-27,29-31,33-34,36-40,42-43,45-57H2,1-3H3,(H,67,68)/b10-7-,19-16-,28-25-,35-32-,44-41-. The van der Waals surface area contributed by atoms with Crippen LogP contribution in [0.25, 0.3) is 0 Å². The smallest absolute Gasteiger partial charge is 0.462 e. The van der Waals surface area contributed by atoms with Crippen LogP contribution in [-0.4, -0.2) is 66.5 Å². The van der Waals surface area contributed by atoms with E-state index < -0.39 is 57.8 Å². The molecule has 0 amide bonds. The second-order valence-electron chi connectivity index (χ2n) is 20.1. The highest BCUT2D eigenvalue weighted by molar-refractivity contribution is 7.47. The van der Waals surface area contributed by atoms with E-state index in [1.54, 1.807) is 0 Å². The van der Waals surface area contributed by atoms with Gasteiger partial charge in [0.2, 0.25) is 0 Å². The molecule has 0 aliphatic heterocycles. The Morgan fingerprint density at radius 1 is 0.392 bits per heavy atom. The SMILES string of the molecule is CC/C=C\C/C=C\C/C=C\C/C=C\C/C=C\CCCC(=O)OC(COC(=O)CCCCCCCCCCCCCCCCC)COP(=O)(O)OCC(CO)OC(=O)CCCCCCCCCCCCCCCCC. The van der Waals surface area contributed by atoms with Crippen molar-refractivity contribution in [2.45, 2.75) is 290 Å². The average Bonchev–Trinajstić information content (AvgIpc) is 3.39. The van der Waals surface area contributed by atoms with Crippen molar-refractivity contribution in [3.05, 3.63) is 60.8 Å². The Hall–Kier alpha value is -2.82. The van der Waals surface area contributed by atoms with Gasteiger partial charge in [0.25, 0.3) is 0 Å². The van der Waals surface area contributed by atoms with Crippen LogP contribution in [0.3, 0.4) is 0 Å². The third-order valence-electron chi connectivity index (χ3n) is 13.0. The number of phosphoric acid groups is 1. The summed E-state index contributed by atoms with van der Waals surface area (Å²) < 4.78 is 39.5. The summed E-state index contributed by atoms with van der Waals surface area (Å²) >= 11 is 0. The van der Waals surface area contributed by atoms with E-state index in [1.807, 2.05) is 6.08 Å². The normalized spacial score (nSPS) is 13.7. The fourth-order valence-corrected chi connectivity index (χ4v) is 9.18. The molecule has 0 bridgehead atoms. The van der Waals surface area contributed by atoms with E-state index in [4.69, 9.17) is 23.3 Å². The highest BCUT2D eigenvalue weighted by Gasteiger charge is 2.28. The van der Waals surface area contributed by atoms with Crippen LogP contribution in [-0.2, 0) is 42.2 Å². The van der Waals surface area contributed by atoms with E-state index in [1.165, 1.54) is 141 Å². The van der Waals surface area contributed by atoms with Crippen molar-refractivity contribution in [1.29, 1.82) is 0 Å². The van der Waals surface area contributed by atoms with Gasteiger partial charge in [-0.1, -0.05) is 261 Å². The predicted molar refractivity (Wildman–Crippen MR) is 307 cm³/mol. The van der Waals surface area contributed by atoms with Gasteiger partial charge in [-0.3, -0.25) is 23.4 Å². The van der Waals surface area contributed by atoms with Crippen LogP contribution in [0, 0.1) is 0 Å². The lowest BCUT2D eigenvalue weighted by Crippen LogP contribution is -2.30. The molecule has 3 unspecified atom stereocenters. The largest absolute Gasteiger partial charge is 0.472 e. The zero-order chi connectivity index (χ0) is 54.1. The summed E-state index contributed by atoms with van der Waals surface area (Å²) in [4.78, 5) is 48.6. The summed E-state index contributed by atoms with van der Waals surface area (Å²) in [6.07, 6.45) is 61.8. The summed E-state index contributed by atoms with van der Waals surface area (Å²) in [6.45, 7) is 4.51. The van der Waals surface area contributed by atoms with Crippen LogP contribution >= 0.6 is 7.82 Å². The number of aliphatic hydroxyl groups is 1. The molecule has 0 aliphatic carbocycles. The minimum absolute atomic E-state index is 0.0914. The minimum atomic E-state index is -4.76. The van der Waals surface area contributed by atoms with Crippen molar-refractivity contribution in [3.63, 3.8) is 0 Å². The first-order chi connectivity index (χ1) is 36.2. The first kappa shape index (κ1) is 71.2. The van der Waals surface area contributed by atoms with Gasteiger partial charge in [0.15, 0.2) is 6.10 Å². The Kier molecular flexibility index (Phi) is 54.2. The third kappa shape index (κ3) is 54.0. The van der Waals surface area contributed by atoms with Crippen LogP contribution in [0.2, 0.25) is 0 Å². The van der Waals surface area contributed by atoms with Crippen molar-refractivity contribution >= 4 is 25.7 Å². The van der Waals surface area contributed by atoms with Crippen molar-refractivity contribution in [2.75, 3.05) is 26.4 Å². The summed E-state index contributed by atoms with van der Waals surface area (Å²) in [5.41, 5.74) is 0. The van der Waals surface area contributed by atoms with Gasteiger partial charge in [0, 0.05) is 19.3 Å². The van der Waals surface area contributed by atoms with Gasteiger partial charge in [-0.25, -0.2) is 4.57 Å². The molecule has 11 nitrogen and oxygen atoms in total. The molecule has 74 heavy (non-hydrogen) atoms. The Labute approximate surface area is 453 Å². The highest BCUT2D eigenvalue weighted by atomic mass is 31.2. The number of rotatable bonds is 56. The molecule has 0 saturated carbocycles. The van der Waals surface area contributed by atoms with E-state index in [9.17, 15) is 28.9 Å². The Morgan fingerprint density at radius 3 is 1.08 bits per heavy atom. The monoisotopic (exact) mass is 1060 g/mol. The lowest BCUT2D eigenvalue weighted by Gasteiger charge is -2.21. The molecule has 2 N–H and O–H groups in total. The van der Waals surface area contributed by atoms with Gasteiger partial charge in [0.05, 0.1) is 19.8 Å². The molecule has 0 spiro atoms. The van der Waals surface area contributed by atoms with Gasteiger partial charge >= 0.3 is 25.7 Å². The van der Waals surface area contributed by atoms with Crippen molar-refractivity contribution in [1.82, 2.24) is 0 Å². The molecule has 430 valence electrons. The number of esters is 3. The molecule has 0 aromatic heterocycles. The van der Waals surface area contributed by atoms with Crippen LogP contribution < -0.4 is 0 Å². The van der Waals surface area contributed by atoms with Gasteiger partial charge in [-0.05, 0) is 57.8 Å². The molecule has 0 aliphatic rings. The lowest BCUT2D eigenvalue weighted by molar-refractivity contribution is -0.161. The van der Waals surface area contributed by atoms with Gasteiger partial charge < -0.3 is 24.2 Å². The molecule has 0 heterocycles. The molecule has 0 fully saturated rings. The topological polar surface area (TPSA) is 155 Å². The van der Waals surface area contributed by atoms with Crippen LogP contribution in [0.4, 0.5) is 0 Å². The molecular weight excluding hydrogens is 952 g/mol. The Bertz CT molecular complexity index is 1470. The molecule has 3 atom stereocenters. The number of hydrogen-bond donors (Lipinski definition) is 2. The van der Waals surface area contributed by atoms with Gasteiger partial charge in [-0.15, -0.1) is 0 Å². The summed E-state index contributed by atoms with van der Waals surface area (Å²) in [7, 11) is -4.76. The highest BCUT2D eigenvalue weighted by Crippen LogP contribution is 2.43. The number of carbonyl (C=O) groups is 3. The minimum Gasteiger partial charge on any atom is -0.462 e. The molecule has 12 heteroatoms. The summed E-state index contributed by atoms with van der Waals surface area (Å²) in [5.74, 6) is -1.52. The predicted octanol–water partition coefficient (Wildman–Crippen LogP) is 17.9. The van der Waals surface area contributed by atoms with Gasteiger partial charge in [0.1, 0.15) is 12.7 Å². The maximum atomic E-state index is 12.9. The fraction of sp³-hybridized carbons (Fsp3) is 0.790. The van der Waals surface area contributed by atoms with Gasteiger partial charge in [-0.2, -0.15) is 0 Å². The van der Waals surface area contributed by atoms with Crippen LogP contribution in [0.1, 0.15) is 278 Å². The van der Waals surface area contributed by atoms with Crippen molar-refractivity contribution in [2.24, 2.45) is 0 Å². The average molecular weight is 1060 g/mol. The molecule has 0 rings (SSSR count). The maximum Gasteiger partial charge on any atom is 0.472 e. The lowest BCUT2D eigenvalue weighted by atomic mass is 10.0. The Morgan fingerprint density at radius 2 is 0.703 bits per heavy atom. The van der Waals surface area contributed by atoms with Crippen molar-refractivity contribution < 1.29 is 52.2 Å². The number of hydrogen-bond acceptors (Lipinski definition) is 10. The Balaban J connectivity index is 4.76. The van der Waals surface area contributed by atoms with Crippen LogP contribution in [0.15, 0.2) is 60.8 Å². The number of phosphoric ester groups is 1. The quantitative estimate of drug-likeness (QED) is 0.0197. The summed E-state index contributed by atoms with van der Waals surface area (Å²) in [5, 5.41) is 9.83. The van der Waals surface area contributed by atoms with E-state index in [0.717, 1.165) is 70.6 Å². The maximum absolute atomic E-state index is 12.9. The van der Waals surface area contributed by atoms with Crippen LogP contribution in [0.5, 0.6) is 0 Å². The number of aliphatic hydroxyl groups excluding tert-OH is 1. The first-order valence-corrected chi connectivity index (χ1v) is 31.7. The van der Waals surface area contributed by atoms with E-state index in [-0.39, 0.29) is 25.9 Å². The second kappa shape index (κ2) is 56.4. The molecule has 0 aromatic carbocycles. The molecule has 0 aromatic rings. The summed E-state index contributed by atoms with van der Waals surface area (Å²) in [6, 6.07) is 0. The number of unbranched alkanes of at least 4 members (excludes halogenated alkanes) is 29. The first-order valence-electron chi connectivity index (χ1n) is 30.2. The molecule has 0 saturated heterocycles. The van der Waals surface area contributed by atoms with E-state index in [0.29, 0.717) is 25.7 Å². The number of carbonyl (C=O) groups excluding carboxylic acids is 3. The number of ether oxygens (including phenoxy) is 3. The number of allylic oxidation sites excluding steroid dienone is 10. The van der Waals surface area contributed by atoms with E-state index >= 15 is 0 Å². The zero-order valence-electron chi connectivity index (χ0n) is 47.6. The fourth-order valence-electron chi connectivity index (χ4n) is 8.39. The zero-order valence-corrected chi connectivity index (χ0v) is 48.5. The molecule has 0 radical (unpaired) electrons. The third-order valence-corrected chi connectivity index (χ3v) is 13.9. The molecular formula is C62H111O11P. The van der Waals surface area contributed by atoms with E-state index in [2.05, 4.69) is 75.5 Å². The van der Waals surface area contributed by atoms with Crippen molar-refractivity contribution in [3.8, 4) is 0 Å².